The molecule has 3 aliphatic rings. The van der Waals surface area contributed by atoms with Gasteiger partial charge in [-0.3, -0.25) is 19.3 Å². The topological polar surface area (TPSA) is 266 Å². The molecule has 0 aliphatic carbocycles. The molecule has 3 aliphatic heterocycles. The number of nitrogens with zero attached hydrogens (tertiary/aromatic N) is 9. The zero-order valence-electron chi connectivity index (χ0n) is 28.4. The van der Waals surface area contributed by atoms with E-state index in [2.05, 4.69) is 35.1 Å². The van der Waals surface area contributed by atoms with Crippen molar-refractivity contribution in [3.8, 4) is 11.5 Å². The molecule has 2 aromatic heterocycles. The van der Waals surface area contributed by atoms with E-state index in [1.54, 1.807) is 9.80 Å². The number of nitrogen functional groups attached to an aromatic ring is 1. The van der Waals surface area contributed by atoms with Crippen LogP contribution < -0.4 is 40.4 Å². The fraction of sp³-hybridized carbons (Fsp3) is 0.448. The van der Waals surface area contributed by atoms with E-state index >= 15 is 0 Å². The number of thioether (sulfide) groups is 1. The van der Waals surface area contributed by atoms with Gasteiger partial charge in [0.1, 0.15) is 6.54 Å². The summed E-state index contributed by atoms with van der Waals surface area (Å²) in [6.07, 6.45) is -0.296. The van der Waals surface area contributed by atoms with Gasteiger partial charge < -0.3 is 40.1 Å². The van der Waals surface area contributed by atoms with E-state index in [4.69, 9.17) is 22.2 Å². The Morgan fingerprint density at radius 2 is 1.96 bits per heavy atom. The summed E-state index contributed by atoms with van der Waals surface area (Å²) in [5, 5.41) is 48.8. The molecule has 0 unspecified atom stereocenters. The van der Waals surface area contributed by atoms with Crippen LogP contribution in [0.25, 0.3) is 5.70 Å². The maximum Gasteiger partial charge on any atom is 1.00 e. The number of phenolic OH excluding ortho intramolecular Hbond substituents is 2. The average molecular weight is 785 g/mol. The monoisotopic (exact) mass is 784 g/mol. The van der Waals surface area contributed by atoms with Crippen LogP contribution >= 0.6 is 34.9 Å². The van der Waals surface area contributed by atoms with Crippen molar-refractivity contribution in [3.05, 3.63) is 39.9 Å². The van der Waals surface area contributed by atoms with Crippen molar-refractivity contribution >= 4 is 75.0 Å². The number of quaternary nitrogens is 1. The Morgan fingerprint density at radius 3 is 2.58 bits per heavy atom. The van der Waals surface area contributed by atoms with Gasteiger partial charge in [0.25, 0.3) is 5.91 Å². The maximum atomic E-state index is 13.8. The summed E-state index contributed by atoms with van der Waals surface area (Å²) in [5.74, 6) is -4.13. The average Bonchev–Trinajstić information content (AvgIpc) is 3.78. The molecule has 5 heterocycles. The van der Waals surface area contributed by atoms with Crippen LogP contribution in [-0.2, 0) is 19.2 Å². The van der Waals surface area contributed by atoms with Crippen LogP contribution in [0.2, 0.25) is 5.02 Å². The molecule has 6 rings (SSSR count). The van der Waals surface area contributed by atoms with Gasteiger partial charge in [-0.05, 0) is 31.2 Å². The van der Waals surface area contributed by atoms with Crippen molar-refractivity contribution in [2.75, 3.05) is 51.3 Å². The van der Waals surface area contributed by atoms with Gasteiger partial charge in [-0.15, -0.1) is 22.0 Å². The molecule has 0 spiro atoms. The fourth-order valence-electron chi connectivity index (χ4n) is 5.91. The summed E-state index contributed by atoms with van der Waals surface area (Å²) in [5.41, 5.74) is 4.92. The molecule has 52 heavy (non-hydrogen) atoms. The number of carbonyl (C=O) groups is 4. The number of hydrogen-bond acceptors (Lipinski definition) is 17. The summed E-state index contributed by atoms with van der Waals surface area (Å²) in [6.45, 7) is 4.79. The van der Waals surface area contributed by atoms with Gasteiger partial charge in [0.15, 0.2) is 33.7 Å². The number of rotatable bonds is 11. The van der Waals surface area contributed by atoms with Crippen molar-refractivity contribution in [1.82, 2.24) is 39.8 Å². The zero-order chi connectivity index (χ0) is 36.8. The number of aromatic hydroxyl groups is 2. The van der Waals surface area contributed by atoms with Crippen molar-refractivity contribution in [2.24, 2.45) is 11.1 Å². The Balaban J connectivity index is 0.00000523. The number of piperazine rings is 1. The van der Waals surface area contributed by atoms with E-state index in [9.17, 15) is 34.5 Å². The summed E-state index contributed by atoms with van der Waals surface area (Å²) in [4.78, 5) is 64.4. The number of carbonyl (C=O) groups excluding carboxylic acids is 4. The third-order valence-electron chi connectivity index (χ3n) is 8.90. The molecule has 2 amide bonds. The first-order chi connectivity index (χ1) is 24.1. The molecule has 2 atom stereocenters. The zero-order valence-corrected chi connectivity index (χ0v) is 32.8. The number of anilines is 1. The van der Waals surface area contributed by atoms with Gasteiger partial charge in [0.05, 0.1) is 66.8 Å². The number of carboxylic acids is 1. The van der Waals surface area contributed by atoms with Crippen LogP contribution in [0.1, 0.15) is 42.3 Å². The number of benzene rings is 1. The first-order valence-corrected chi connectivity index (χ1v) is 17.6. The molecule has 2 fully saturated rings. The van der Waals surface area contributed by atoms with E-state index in [0.717, 1.165) is 17.1 Å². The minimum absolute atomic E-state index is 0. The van der Waals surface area contributed by atoms with Crippen molar-refractivity contribution in [1.29, 1.82) is 0 Å². The molecule has 0 radical (unpaired) electrons. The van der Waals surface area contributed by atoms with Crippen LogP contribution in [0.4, 0.5) is 5.13 Å². The standard InChI is InChI=1S/C29H32ClN11O8S2.Na/c1-29(2,27(47)48)49-35-19(22-32-28(31)51-36-22)17(43)10-15-25(46)40-20(23-33-37-38-34-23)13(12-50-26(15)40)11-41(3)8-6-39(7-9-41)24(45)14-4-5-16(42)21(44)18(14)30;/h4-5,15,26H,6-12H2,1-3H3,(H5-,31,32,33,34,35,36,37,38,42,43,44,45,47,48);/q;+1/t15-,26-;/m1./s1. The number of Topliss-reactive ketones (excluding diaryl/α,β-unsaturated/α-hetero) is 1. The Bertz CT molecular complexity index is 1970. The van der Waals surface area contributed by atoms with E-state index in [1.807, 2.05) is 7.05 Å². The van der Waals surface area contributed by atoms with Crippen LogP contribution in [0.15, 0.2) is 22.9 Å². The number of likely N-dealkylation sites (N-methyl/N-ethyl adjacent to an activating group) is 1. The number of tetrazole rings is 1. The third kappa shape index (κ3) is 7.61. The first kappa shape index (κ1) is 39.3. The number of aromatic amines is 1. The van der Waals surface area contributed by atoms with E-state index < -0.39 is 40.1 Å². The van der Waals surface area contributed by atoms with E-state index in [0.29, 0.717) is 48.7 Å². The predicted molar refractivity (Wildman–Crippen MR) is 180 cm³/mol. The number of fused-ring (bicyclic) bond motifs is 1. The molecule has 3 aromatic rings. The Kier molecular flexibility index (Phi) is 11.5. The number of aliphatic carboxylic acids is 1. The van der Waals surface area contributed by atoms with Gasteiger partial charge in [0.2, 0.25) is 17.6 Å². The van der Waals surface area contributed by atoms with Crippen LogP contribution in [-0.4, -0.2) is 140 Å². The first-order valence-electron chi connectivity index (χ1n) is 15.4. The molecule has 0 bridgehead atoms. The minimum atomic E-state index is -1.87. The number of phenols is 2. The number of β-lactam (4-membered cyclic amide) rings is 1. The van der Waals surface area contributed by atoms with Crippen LogP contribution in [0.3, 0.4) is 0 Å². The number of aromatic nitrogens is 6. The molecule has 19 nitrogen and oxygen atoms in total. The number of ketones is 1. The SMILES string of the molecule is CC(C)(O/N=C(\C(=O)C[C@@H]1C(=O)N2C(c3nn[nH]n3)=C(C[N+]3(C)CCN(C(=O)c4ccc(O)c(O)c4Cl)CC3)CS[C@H]12)c1nsc(N)n1)C(=O)[O-].[Na+]. The van der Waals surface area contributed by atoms with E-state index in [1.165, 1.54) is 37.7 Å². The number of amides is 2. The van der Waals surface area contributed by atoms with Crippen LogP contribution in [0, 0.1) is 5.92 Å². The molecule has 23 heteroatoms. The molecule has 1 aromatic carbocycles. The summed E-state index contributed by atoms with van der Waals surface area (Å²) < 4.78 is 4.54. The smallest absolute Gasteiger partial charge is 0.546 e. The van der Waals surface area contributed by atoms with Crippen molar-refractivity contribution < 1.29 is 73.4 Å². The number of halogens is 1. The van der Waals surface area contributed by atoms with Crippen molar-refractivity contribution in [3.63, 3.8) is 0 Å². The minimum Gasteiger partial charge on any atom is -0.546 e. The fourth-order valence-corrected chi connectivity index (χ4v) is 7.99. The Morgan fingerprint density at radius 1 is 1.25 bits per heavy atom. The van der Waals surface area contributed by atoms with Gasteiger partial charge >= 0.3 is 29.6 Å². The second-order valence-corrected chi connectivity index (χ2v) is 15.2. The second-order valence-electron chi connectivity index (χ2n) is 12.9. The molecule has 5 N–H and O–H groups in total. The Hall–Kier alpha value is -3.86. The molecule has 2 saturated heterocycles. The predicted octanol–water partition coefficient (Wildman–Crippen LogP) is -3.54. The molecule has 0 saturated carbocycles. The van der Waals surface area contributed by atoms with Gasteiger partial charge in [-0.25, -0.2) is 0 Å². The number of oxime groups is 1. The van der Waals surface area contributed by atoms with E-state index in [-0.39, 0.29) is 80.9 Å². The number of nitrogens with one attached hydrogen (secondary N) is 1. The van der Waals surface area contributed by atoms with Crippen LogP contribution in [0.5, 0.6) is 11.5 Å². The van der Waals surface area contributed by atoms with Gasteiger partial charge in [-0.2, -0.15) is 14.6 Å². The quantitative estimate of drug-likeness (QED) is 0.0366. The second kappa shape index (κ2) is 15.2. The summed E-state index contributed by atoms with van der Waals surface area (Å²) in [6, 6.07) is 2.59. The molecular weight excluding hydrogens is 753 g/mol. The summed E-state index contributed by atoms with van der Waals surface area (Å²) >= 11 is 8.43. The normalized spacial score (nSPS) is 20.2. The third-order valence-corrected chi connectivity index (χ3v) is 11.2. The number of carboxylic acid groups (broad SMARTS) is 1. The van der Waals surface area contributed by atoms with Gasteiger partial charge in [-0.1, -0.05) is 16.8 Å². The van der Waals surface area contributed by atoms with Gasteiger partial charge in [0, 0.05) is 29.3 Å². The largest absolute Gasteiger partial charge is 1.00 e. The summed E-state index contributed by atoms with van der Waals surface area (Å²) in [7, 11) is 2.04. The Labute approximate surface area is 331 Å². The van der Waals surface area contributed by atoms with Crippen molar-refractivity contribution in [2.45, 2.75) is 31.2 Å². The molecule has 270 valence electrons. The maximum absolute atomic E-state index is 13.8. The number of H-pyrrole nitrogens is 1. The number of hydrogen-bond donors (Lipinski definition) is 4. The molecular formula is C29H32ClN11NaO8S2+. The number of nitrogens with two attached hydrogens (primary N) is 1.